The normalized spacial score (nSPS) is 13.3. The minimum Gasteiger partial charge on any atom is -0.468 e. The van der Waals surface area contributed by atoms with Gasteiger partial charge in [-0.05, 0) is 17.9 Å². The van der Waals surface area contributed by atoms with Gasteiger partial charge >= 0.3 is 0 Å². The van der Waals surface area contributed by atoms with Crippen LogP contribution in [0, 0.1) is 0 Å². The fraction of sp³-hybridized carbons (Fsp3) is 0.500. The molecule has 2 nitrogen and oxygen atoms in total. The molecule has 0 aromatic carbocycles. The third kappa shape index (κ3) is 2.27. The molecule has 0 radical (unpaired) electrons. The first-order valence-corrected chi connectivity index (χ1v) is 4.69. The predicted molar refractivity (Wildman–Crippen MR) is 46.7 cm³/mol. The fourth-order valence-corrected chi connectivity index (χ4v) is 1.71. The van der Waals surface area contributed by atoms with Crippen LogP contribution in [0.15, 0.2) is 22.8 Å². The number of hydrogen-bond donors (Lipinski definition) is 1. The van der Waals surface area contributed by atoms with Gasteiger partial charge in [0, 0.05) is 0 Å². The molecule has 0 saturated heterocycles. The minimum atomic E-state index is 0.106. The Morgan fingerprint density at radius 2 is 2.55 bits per heavy atom. The lowest BCUT2D eigenvalue weighted by Gasteiger charge is -2.08. The van der Waals surface area contributed by atoms with E-state index >= 15 is 0 Å². The van der Waals surface area contributed by atoms with Crippen LogP contribution in [0.4, 0.5) is 0 Å². The highest BCUT2D eigenvalue weighted by molar-refractivity contribution is 7.99. The molecule has 0 aliphatic heterocycles. The summed E-state index contributed by atoms with van der Waals surface area (Å²) in [6, 6.07) is 3.73. The monoisotopic (exact) mass is 172 g/mol. The first-order valence-electron chi connectivity index (χ1n) is 3.64. The second-order valence-corrected chi connectivity index (χ2v) is 3.62. The first kappa shape index (κ1) is 8.68. The zero-order valence-electron chi connectivity index (χ0n) is 6.49. The molecule has 1 aromatic rings. The number of aliphatic hydroxyl groups excluding tert-OH is 1. The molecule has 1 atom stereocenters. The Morgan fingerprint density at radius 1 is 1.73 bits per heavy atom. The van der Waals surface area contributed by atoms with Gasteiger partial charge < -0.3 is 9.52 Å². The van der Waals surface area contributed by atoms with Crippen LogP contribution < -0.4 is 0 Å². The third-order valence-corrected chi connectivity index (χ3v) is 2.51. The predicted octanol–water partition coefficient (Wildman–Crippen LogP) is 2.07. The van der Waals surface area contributed by atoms with Crippen molar-refractivity contribution in [2.45, 2.75) is 12.2 Å². The van der Waals surface area contributed by atoms with Crippen LogP contribution in [0.5, 0.6) is 0 Å². The van der Waals surface area contributed by atoms with Crippen molar-refractivity contribution in [1.29, 1.82) is 0 Å². The van der Waals surface area contributed by atoms with Crippen molar-refractivity contribution in [2.75, 3.05) is 12.4 Å². The maximum absolute atomic E-state index is 8.95. The largest absolute Gasteiger partial charge is 0.468 e. The molecule has 0 aliphatic carbocycles. The summed E-state index contributed by atoms with van der Waals surface area (Å²) in [5.74, 6) is 1.85. The maximum atomic E-state index is 8.95. The molecule has 1 aromatic heterocycles. The van der Waals surface area contributed by atoms with Gasteiger partial charge in [0.1, 0.15) is 5.76 Å². The van der Waals surface area contributed by atoms with E-state index in [4.69, 9.17) is 9.52 Å². The molecule has 0 amide bonds. The van der Waals surface area contributed by atoms with E-state index in [1.807, 2.05) is 12.1 Å². The van der Waals surface area contributed by atoms with E-state index in [-0.39, 0.29) is 11.9 Å². The molecule has 0 bridgehead atoms. The summed E-state index contributed by atoms with van der Waals surface area (Å²) in [4.78, 5) is 0. The first-order chi connectivity index (χ1) is 5.38. The number of thioether (sulfide) groups is 1. The van der Waals surface area contributed by atoms with Gasteiger partial charge in [0.2, 0.25) is 0 Å². The van der Waals surface area contributed by atoms with Gasteiger partial charge in [-0.1, -0.05) is 6.92 Å². The molecule has 0 saturated carbocycles. The van der Waals surface area contributed by atoms with Crippen molar-refractivity contribution in [3.05, 3.63) is 24.2 Å². The maximum Gasteiger partial charge on any atom is 0.119 e. The quantitative estimate of drug-likeness (QED) is 0.754. The zero-order valence-corrected chi connectivity index (χ0v) is 7.30. The second-order valence-electron chi connectivity index (χ2n) is 2.14. The van der Waals surface area contributed by atoms with Crippen molar-refractivity contribution in [1.82, 2.24) is 0 Å². The lowest BCUT2D eigenvalue weighted by Crippen LogP contribution is -1.97. The standard InChI is InChI=1S/C8H12O2S/c1-2-11-8(6-9)7-4-3-5-10-7/h3-5,8-9H,2,6H2,1H3. The van der Waals surface area contributed by atoms with Crippen molar-refractivity contribution in [3.8, 4) is 0 Å². The third-order valence-electron chi connectivity index (χ3n) is 1.39. The van der Waals surface area contributed by atoms with Crippen LogP contribution in [-0.2, 0) is 0 Å². The lowest BCUT2D eigenvalue weighted by atomic mass is 10.3. The molecule has 0 aliphatic rings. The summed E-state index contributed by atoms with van der Waals surface area (Å²) in [6.07, 6.45) is 1.63. The van der Waals surface area contributed by atoms with Gasteiger partial charge in [0.05, 0.1) is 18.1 Å². The van der Waals surface area contributed by atoms with Gasteiger partial charge in [-0.2, -0.15) is 0 Å². The molecular weight excluding hydrogens is 160 g/mol. The summed E-state index contributed by atoms with van der Waals surface area (Å²) in [5, 5.41) is 9.05. The molecule has 62 valence electrons. The summed E-state index contributed by atoms with van der Waals surface area (Å²) in [5.41, 5.74) is 0. The average Bonchev–Trinajstić information content (AvgIpc) is 2.52. The number of aliphatic hydroxyl groups is 1. The molecule has 0 spiro atoms. The Bertz CT molecular complexity index is 184. The SMILES string of the molecule is CCSC(CO)c1ccco1. The van der Waals surface area contributed by atoms with Crippen molar-refractivity contribution in [2.24, 2.45) is 0 Å². The molecule has 1 heterocycles. The Labute approximate surface area is 70.6 Å². The Kier molecular flexibility index (Phi) is 3.52. The van der Waals surface area contributed by atoms with Crippen LogP contribution in [0.1, 0.15) is 17.9 Å². The molecule has 3 heteroatoms. The Hall–Kier alpha value is -0.410. The van der Waals surface area contributed by atoms with Gasteiger partial charge in [0.25, 0.3) is 0 Å². The van der Waals surface area contributed by atoms with Crippen molar-refractivity contribution in [3.63, 3.8) is 0 Å². The molecular formula is C8H12O2S. The van der Waals surface area contributed by atoms with E-state index < -0.39 is 0 Å². The van der Waals surface area contributed by atoms with E-state index in [0.29, 0.717) is 0 Å². The van der Waals surface area contributed by atoms with Crippen LogP contribution in [0.2, 0.25) is 0 Å². The summed E-state index contributed by atoms with van der Waals surface area (Å²) in [6.45, 7) is 2.21. The van der Waals surface area contributed by atoms with Crippen molar-refractivity contribution >= 4 is 11.8 Å². The lowest BCUT2D eigenvalue weighted by molar-refractivity contribution is 0.284. The average molecular weight is 172 g/mol. The molecule has 1 N–H and O–H groups in total. The van der Waals surface area contributed by atoms with E-state index in [0.717, 1.165) is 11.5 Å². The van der Waals surface area contributed by atoms with Gasteiger partial charge in [0.15, 0.2) is 0 Å². The smallest absolute Gasteiger partial charge is 0.119 e. The summed E-state index contributed by atoms with van der Waals surface area (Å²) in [7, 11) is 0. The summed E-state index contributed by atoms with van der Waals surface area (Å²) >= 11 is 1.69. The second kappa shape index (κ2) is 4.46. The van der Waals surface area contributed by atoms with Crippen LogP contribution in [0.25, 0.3) is 0 Å². The highest BCUT2D eigenvalue weighted by atomic mass is 32.2. The number of furan rings is 1. The van der Waals surface area contributed by atoms with E-state index in [9.17, 15) is 0 Å². The van der Waals surface area contributed by atoms with Gasteiger partial charge in [-0.25, -0.2) is 0 Å². The molecule has 1 rings (SSSR count). The van der Waals surface area contributed by atoms with Crippen LogP contribution in [0.3, 0.4) is 0 Å². The number of hydrogen-bond acceptors (Lipinski definition) is 3. The minimum absolute atomic E-state index is 0.106. The molecule has 11 heavy (non-hydrogen) atoms. The van der Waals surface area contributed by atoms with Crippen LogP contribution >= 0.6 is 11.8 Å². The van der Waals surface area contributed by atoms with Crippen molar-refractivity contribution < 1.29 is 9.52 Å². The summed E-state index contributed by atoms with van der Waals surface area (Å²) < 4.78 is 5.16. The Morgan fingerprint density at radius 3 is 3.00 bits per heavy atom. The highest BCUT2D eigenvalue weighted by Crippen LogP contribution is 2.27. The highest BCUT2D eigenvalue weighted by Gasteiger charge is 2.11. The van der Waals surface area contributed by atoms with E-state index in [1.165, 1.54) is 0 Å². The fourth-order valence-electron chi connectivity index (χ4n) is 0.900. The Balaban J connectivity index is 2.56. The molecule has 1 unspecified atom stereocenters. The van der Waals surface area contributed by atoms with E-state index in [2.05, 4.69) is 6.92 Å². The molecule has 0 fully saturated rings. The number of rotatable bonds is 4. The topological polar surface area (TPSA) is 33.4 Å². The van der Waals surface area contributed by atoms with E-state index in [1.54, 1.807) is 18.0 Å². The van der Waals surface area contributed by atoms with Gasteiger partial charge in [-0.3, -0.25) is 0 Å². The van der Waals surface area contributed by atoms with Crippen LogP contribution in [-0.4, -0.2) is 17.5 Å². The zero-order chi connectivity index (χ0) is 8.10. The van der Waals surface area contributed by atoms with Gasteiger partial charge in [-0.15, -0.1) is 11.8 Å².